The lowest BCUT2D eigenvalue weighted by molar-refractivity contribution is 0.0657. The smallest absolute Gasteiger partial charge is 0.289 e. The van der Waals surface area contributed by atoms with E-state index in [1.54, 1.807) is 24.5 Å². The van der Waals surface area contributed by atoms with Gasteiger partial charge < -0.3 is 24.4 Å². The third kappa shape index (κ3) is 5.56. The number of amides is 1. The summed E-state index contributed by atoms with van der Waals surface area (Å²) >= 11 is 0. The summed E-state index contributed by atoms with van der Waals surface area (Å²) < 4.78 is 5.23. The van der Waals surface area contributed by atoms with Crippen LogP contribution in [-0.4, -0.2) is 109 Å². The first-order valence-corrected chi connectivity index (χ1v) is 11.3. The van der Waals surface area contributed by atoms with Crippen LogP contribution >= 0.6 is 0 Å². The monoisotopic (exact) mass is 440 g/mol. The molecule has 0 unspecified atom stereocenters. The molecule has 2 aliphatic heterocycles. The topological polar surface area (TPSA) is 93.3 Å². The van der Waals surface area contributed by atoms with Gasteiger partial charge in [-0.05, 0) is 31.2 Å². The first-order chi connectivity index (χ1) is 15.7. The van der Waals surface area contributed by atoms with E-state index in [9.17, 15) is 4.79 Å². The highest BCUT2D eigenvalue weighted by Gasteiger charge is 2.25. The first-order valence-electron chi connectivity index (χ1n) is 11.3. The molecule has 10 heteroatoms. The Hall–Kier alpha value is -3.14. The number of rotatable bonds is 6. The molecule has 2 fully saturated rings. The Bertz CT molecular complexity index is 857. The maximum absolute atomic E-state index is 12.4. The van der Waals surface area contributed by atoms with Crippen molar-refractivity contribution in [2.24, 2.45) is 4.99 Å². The lowest BCUT2D eigenvalue weighted by Gasteiger charge is -2.36. The standard InChI is InChI=1S/C22H32N8O2/c1-23-21(29-16-14-28(15-17-29)20(31)19-5-2-18-32-19)24-8-4-9-27-10-12-30(13-11-27)22-25-6-3-7-26-22/h2-3,5-7,18H,4,8-17H2,1H3,(H,23,24). The molecule has 0 atom stereocenters. The minimum atomic E-state index is -0.0449. The number of nitrogens with one attached hydrogen (secondary N) is 1. The largest absolute Gasteiger partial charge is 0.459 e. The van der Waals surface area contributed by atoms with Crippen molar-refractivity contribution >= 4 is 17.8 Å². The summed E-state index contributed by atoms with van der Waals surface area (Å²) in [6.07, 6.45) is 6.18. The van der Waals surface area contributed by atoms with E-state index in [4.69, 9.17) is 4.42 Å². The van der Waals surface area contributed by atoms with Gasteiger partial charge in [0.2, 0.25) is 5.95 Å². The van der Waals surface area contributed by atoms with Crippen molar-refractivity contribution in [2.45, 2.75) is 6.42 Å². The Morgan fingerprint density at radius 2 is 1.75 bits per heavy atom. The van der Waals surface area contributed by atoms with Gasteiger partial charge in [-0.2, -0.15) is 0 Å². The Balaban J connectivity index is 1.13. The molecule has 4 heterocycles. The van der Waals surface area contributed by atoms with Crippen LogP contribution in [0.15, 0.2) is 46.3 Å². The van der Waals surface area contributed by atoms with Crippen molar-refractivity contribution in [3.8, 4) is 0 Å². The van der Waals surface area contributed by atoms with Crippen LogP contribution < -0.4 is 10.2 Å². The maximum Gasteiger partial charge on any atom is 0.289 e. The lowest BCUT2D eigenvalue weighted by Crippen LogP contribution is -2.54. The first kappa shape index (κ1) is 22.1. The lowest BCUT2D eigenvalue weighted by atomic mass is 10.3. The molecule has 0 saturated carbocycles. The molecule has 0 aromatic carbocycles. The zero-order valence-electron chi connectivity index (χ0n) is 18.7. The number of aliphatic imine (C=N–C) groups is 1. The quantitative estimate of drug-likeness (QED) is 0.397. The van der Waals surface area contributed by atoms with E-state index in [2.05, 4.69) is 35.0 Å². The molecule has 0 aliphatic carbocycles. The van der Waals surface area contributed by atoms with Gasteiger partial charge in [-0.3, -0.25) is 14.7 Å². The molecule has 1 N–H and O–H groups in total. The van der Waals surface area contributed by atoms with Crippen molar-refractivity contribution in [1.82, 2.24) is 30.0 Å². The van der Waals surface area contributed by atoms with Gasteiger partial charge in [0.15, 0.2) is 11.7 Å². The number of piperazine rings is 2. The van der Waals surface area contributed by atoms with E-state index in [-0.39, 0.29) is 5.91 Å². The molecule has 0 bridgehead atoms. The van der Waals surface area contributed by atoms with Gasteiger partial charge in [-0.15, -0.1) is 0 Å². The normalized spacial score (nSPS) is 18.2. The average molecular weight is 441 g/mol. The van der Waals surface area contributed by atoms with Gasteiger partial charge >= 0.3 is 0 Å². The van der Waals surface area contributed by atoms with E-state index in [1.807, 2.05) is 18.0 Å². The Labute approximate surface area is 188 Å². The molecule has 0 spiro atoms. The van der Waals surface area contributed by atoms with Gasteiger partial charge in [0.25, 0.3) is 5.91 Å². The molecule has 32 heavy (non-hydrogen) atoms. The van der Waals surface area contributed by atoms with Crippen LogP contribution in [0.1, 0.15) is 17.0 Å². The number of hydrogen-bond acceptors (Lipinski definition) is 7. The van der Waals surface area contributed by atoms with Crippen LogP contribution in [0.5, 0.6) is 0 Å². The van der Waals surface area contributed by atoms with Gasteiger partial charge in [0.05, 0.1) is 6.26 Å². The van der Waals surface area contributed by atoms with Gasteiger partial charge in [-0.1, -0.05) is 0 Å². The van der Waals surface area contributed by atoms with Gasteiger partial charge in [-0.25, -0.2) is 9.97 Å². The maximum atomic E-state index is 12.4. The van der Waals surface area contributed by atoms with Crippen LogP contribution in [0.4, 0.5) is 5.95 Å². The molecule has 2 aromatic rings. The zero-order valence-corrected chi connectivity index (χ0v) is 18.7. The Kier molecular flexibility index (Phi) is 7.55. The fraction of sp³-hybridized carbons (Fsp3) is 0.545. The van der Waals surface area contributed by atoms with Crippen LogP contribution in [0.25, 0.3) is 0 Å². The summed E-state index contributed by atoms with van der Waals surface area (Å²) in [5.41, 5.74) is 0. The molecule has 1 amide bonds. The highest BCUT2D eigenvalue weighted by atomic mass is 16.3. The number of carbonyl (C=O) groups excluding carboxylic acids is 1. The third-order valence-corrected chi connectivity index (χ3v) is 5.95. The highest BCUT2D eigenvalue weighted by Crippen LogP contribution is 2.11. The minimum Gasteiger partial charge on any atom is -0.459 e. The molecular weight excluding hydrogens is 408 g/mol. The number of nitrogens with zero attached hydrogens (tertiary/aromatic N) is 7. The van der Waals surface area contributed by atoms with Crippen molar-refractivity contribution in [3.05, 3.63) is 42.6 Å². The molecule has 2 aromatic heterocycles. The number of aromatic nitrogens is 2. The summed E-state index contributed by atoms with van der Waals surface area (Å²) in [5, 5.41) is 3.48. The van der Waals surface area contributed by atoms with E-state index in [0.717, 1.165) is 70.7 Å². The summed E-state index contributed by atoms with van der Waals surface area (Å²) in [5.74, 6) is 2.08. The van der Waals surface area contributed by atoms with Crippen molar-refractivity contribution < 1.29 is 9.21 Å². The predicted octanol–water partition coefficient (Wildman–Crippen LogP) is 0.615. The minimum absolute atomic E-state index is 0.0449. The molecule has 172 valence electrons. The molecule has 2 aliphatic rings. The number of guanidine groups is 1. The van der Waals surface area contributed by atoms with Crippen LogP contribution in [0, 0.1) is 0 Å². The van der Waals surface area contributed by atoms with E-state index in [0.29, 0.717) is 18.8 Å². The number of furan rings is 1. The summed E-state index contributed by atoms with van der Waals surface area (Å²) in [4.78, 5) is 34.3. The van der Waals surface area contributed by atoms with E-state index in [1.165, 1.54) is 6.26 Å². The summed E-state index contributed by atoms with van der Waals surface area (Å²) in [6, 6.07) is 5.30. The van der Waals surface area contributed by atoms with E-state index >= 15 is 0 Å². The SMILES string of the molecule is CN=C(NCCCN1CCN(c2ncccn2)CC1)N1CCN(C(=O)c2ccco2)CC1. The van der Waals surface area contributed by atoms with Crippen molar-refractivity contribution in [1.29, 1.82) is 0 Å². The third-order valence-electron chi connectivity index (χ3n) is 5.95. The summed E-state index contributed by atoms with van der Waals surface area (Å²) in [7, 11) is 1.81. The molecule has 2 saturated heterocycles. The fourth-order valence-corrected chi connectivity index (χ4v) is 4.14. The van der Waals surface area contributed by atoms with Crippen molar-refractivity contribution in [3.63, 3.8) is 0 Å². The molecule has 4 rings (SSSR count). The Morgan fingerprint density at radius 3 is 2.41 bits per heavy atom. The molecule has 10 nitrogen and oxygen atoms in total. The van der Waals surface area contributed by atoms with Gasteiger partial charge in [0, 0.05) is 78.3 Å². The second-order valence-corrected chi connectivity index (χ2v) is 7.96. The second kappa shape index (κ2) is 10.9. The number of anilines is 1. The second-order valence-electron chi connectivity index (χ2n) is 7.96. The zero-order chi connectivity index (χ0) is 22.2. The predicted molar refractivity (Wildman–Crippen MR) is 123 cm³/mol. The number of hydrogen-bond donors (Lipinski definition) is 1. The fourth-order valence-electron chi connectivity index (χ4n) is 4.14. The highest BCUT2D eigenvalue weighted by molar-refractivity contribution is 5.91. The average Bonchev–Trinajstić information content (AvgIpc) is 3.40. The number of carbonyl (C=O) groups is 1. The van der Waals surface area contributed by atoms with E-state index < -0.39 is 0 Å². The van der Waals surface area contributed by atoms with Crippen molar-refractivity contribution in [2.75, 3.05) is 77.4 Å². The van der Waals surface area contributed by atoms with Crippen LogP contribution in [0.3, 0.4) is 0 Å². The van der Waals surface area contributed by atoms with Gasteiger partial charge in [0.1, 0.15) is 0 Å². The Morgan fingerprint density at radius 1 is 1.03 bits per heavy atom. The van der Waals surface area contributed by atoms with Crippen LogP contribution in [-0.2, 0) is 0 Å². The molecule has 0 radical (unpaired) electrons. The van der Waals surface area contributed by atoms with Crippen LogP contribution in [0.2, 0.25) is 0 Å². The summed E-state index contributed by atoms with van der Waals surface area (Å²) in [6.45, 7) is 8.74. The molecular formula is C22H32N8O2.